The zero-order valence-corrected chi connectivity index (χ0v) is 21.5. The lowest BCUT2D eigenvalue weighted by Crippen LogP contribution is -2.48. The van der Waals surface area contributed by atoms with Gasteiger partial charge in [0.05, 0.1) is 24.4 Å². The molecule has 5 rings (SSSR count). The molecule has 0 radical (unpaired) electrons. The van der Waals surface area contributed by atoms with Crippen molar-refractivity contribution in [3.05, 3.63) is 81.8 Å². The van der Waals surface area contributed by atoms with E-state index in [-0.39, 0.29) is 18.1 Å². The molecule has 0 aliphatic carbocycles. The van der Waals surface area contributed by atoms with E-state index in [0.717, 1.165) is 17.4 Å². The van der Waals surface area contributed by atoms with Gasteiger partial charge in [-0.3, -0.25) is 9.59 Å². The van der Waals surface area contributed by atoms with Crippen LogP contribution in [0.3, 0.4) is 0 Å². The molecular formula is C28H27F3N6O3. The Kier molecular flexibility index (Phi) is 7.64. The lowest BCUT2D eigenvalue weighted by Gasteiger charge is -2.36. The molecule has 2 aromatic carbocycles. The fourth-order valence-electron chi connectivity index (χ4n) is 5.14. The van der Waals surface area contributed by atoms with Crippen molar-refractivity contribution < 1.29 is 22.7 Å². The first kappa shape index (κ1) is 27.1. The maximum Gasteiger partial charge on any atom is 0.423 e. The van der Waals surface area contributed by atoms with Crippen LogP contribution >= 0.6 is 0 Å². The summed E-state index contributed by atoms with van der Waals surface area (Å²) < 4.78 is 46.9. The number of hydrogen-bond donors (Lipinski definition) is 1. The van der Waals surface area contributed by atoms with E-state index in [0.29, 0.717) is 56.8 Å². The Labute approximate surface area is 228 Å². The number of carbonyl (C=O) groups excluding carboxylic acids is 1. The molecule has 1 amide bonds. The molecule has 1 N–H and O–H groups in total. The Hall–Kier alpha value is -4.53. The van der Waals surface area contributed by atoms with Crippen molar-refractivity contribution in [2.75, 3.05) is 42.5 Å². The van der Waals surface area contributed by atoms with Gasteiger partial charge in [-0.1, -0.05) is 18.2 Å². The Morgan fingerprint density at radius 1 is 1.10 bits per heavy atom. The summed E-state index contributed by atoms with van der Waals surface area (Å²) in [7, 11) is 0. The molecule has 1 atom stereocenters. The van der Waals surface area contributed by atoms with E-state index in [1.807, 2.05) is 29.4 Å². The Balaban J connectivity index is 1.25. The van der Waals surface area contributed by atoms with Crippen LogP contribution < -0.4 is 20.1 Å². The zero-order chi connectivity index (χ0) is 28.3. The third kappa shape index (κ3) is 5.73. The SMILES string of the molecule is N#CCc1ccc(N2CCN(C(=O)c3cccc(OC4CCCN4c4cn[nH]c(=O)c4C(F)(F)F)c3)CC2)cc1. The van der Waals surface area contributed by atoms with Crippen LogP contribution in [0.25, 0.3) is 0 Å². The van der Waals surface area contributed by atoms with Gasteiger partial charge in [0.1, 0.15) is 11.3 Å². The summed E-state index contributed by atoms with van der Waals surface area (Å²) in [6.45, 7) is 2.62. The maximum absolute atomic E-state index is 13.6. The van der Waals surface area contributed by atoms with E-state index in [9.17, 15) is 22.8 Å². The summed E-state index contributed by atoms with van der Waals surface area (Å²) in [6.07, 6.45) is -3.23. The topological polar surface area (TPSA) is 106 Å². The molecule has 0 saturated carbocycles. The highest BCUT2D eigenvalue weighted by Gasteiger charge is 2.41. The van der Waals surface area contributed by atoms with Crippen molar-refractivity contribution >= 4 is 17.3 Å². The summed E-state index contributed by atoms with van der Waals surface area (Å²) in [5.74, 6) is 0.195. The fraction of sp³-hybridized carbons (Fsp3) is 0.357. The number of nitrogens with one attached hydrogen (secondary N) is 1. The molecule has 2 saturated heterocycles. The van der Waals surface area contributed by atoms with Crippen LogP contribution in [0.1, 0.15) is 34.3 Å². The molecule has 3 heterocycles. The number of nitrogens with zero attached hydrogens (tertiary/aromatic N) is 5. The highest BCUT2D eigenvalue weighted by molar-refractivity contribution is 5.94. The molecule has 1 aromatic heterocycles. The number of anilines is 2. The minimum atomic E-state index is -4.85. The summed E-state index contributed by atoms with van der Waals surface area (Å²) in [6, 6.07) is 16.6. The standard InChI is InChI=1S/C28H27F3N6O3/c29-28(30,31)25-23(18-33-34-26(25)38)37-12-2-5-24(37)40-22-4-1-3-20(17-22)27(39)36-15-13-35(14-16-36)21-8-6-19(7-9-21)10-11-32/h1,3-4,6-9,17-18,24H,2,5,10,12-16H2,(H,34,38). The summed E-state index contributed by atoms with van der Waals surface area (Å²) >= 11 is 0. The number of nitriles is 1. The molecular weight excluding hydrogens is 525 g/mol. The first-order valence-corrected chi connectivity index (χ1v) is 12.9. The van der Waals surface area contributed by atoms with Gasteiger partial charge in [0.25, 0.3) is 11.5 Å². The Morgan fingerprint density at radius 3 is 2.55 bits per heavy atom. The van der Waals surface area contributed by atoms with Gasteiger partial charge in [-0.25, -0.2) is 5.10 Å². The number of H-pyrrole nitrogens is 1. The van der Waals surface area contributed by atoms with Crippen LogP contribution in [0.15, 0.2) is 59.5 Å². The van der Waals surface area contributed by atoms with Crippen LogP contribution in [0.4, 0.5) is 24.5 Å². The lowest BCUT2D eigenvalue weighted by molar-refractivity contribution is -0.138. The normalized spacial score (nSPS) is 17.6. The number of carbonyl (C=O) groups is 1. The number of piperazine rings is 1. The number of hydrogen-bond acceptors (Lipinski definition) is 7. The summed E-state index contributed by atoms with van der Waals surface area (Å²) in [5, 5.41) is 14.3. The molecule has 40 heavy (non-hydrogen) atoms. The number of halogens is 3. The van der Waals surface area contributed by atoms with Crippen molar-refractivity contribution in [3.8, 4) is 11.8 Å². The largest absolute Gasteiger partial charge is 0.471 e. The van der Waals surface area contributed by atoms with E-state index in [1.54, 1.807) is 29.2 Å². The average Bonchev–Trinajstić information content (AvgIpc) is 3.40. The molecule has 9 nitrogen and oxygen atoms in total. The third-order valence-corrected chi connectivity index (χ3v) is 7.13. The van der Waals surface area contributed by atoms with Gasteiger partial charge in [-0.2, -0.15) is 23.5 Å². The van der Waals surface area contributed by atoms with Gasteiger partial charge in [0, 0.05) is 50.4 Å². The van der Waals surface area contributed by atoms with Crippen molar-refractivity contribution in [2.45, 2.75) is 31.7 Å². The summed E-state index contributed by atoms with van der Waals surface area (Å²) in [4.78, 5) is 30.6. The number of aromatic amines is 1. The highest BCUT2D eigenvalue weighted by atomic mass is 19.4. The number of amides is 1. The Morgan fingerprint density at radius 2 is 1.85 bits per heavy atom. The monoisotopic (exact) mass is 552 g/mol. The molecule has 2 fully saturated rings. The molecule has 1 unspecified atom stereocenters. The van der Waals surface area contributed by atoms with Gasteiger partial charge in [0.2, 0.25) is 0 Å². The average molecular weight is 553 g/mol. The van der Waals surface area contributed by atoms with Gasteiger partial charge < -0.3 is 19.4 Å². The number of benzene rings is 2. The molecule has 0 bridgehead atoms. The lowest BCUT2D eigenvalue weighted by atomic mass is 10.1. The van der Waals surface area contributed by atoms with E-state index >= 15 is 0 Å². The van der Waals surface area contributed by atoms with E-state index in [1.165, 1.54) is 4.90 Å². The van der Waals surface area contributed by atoms with Crippen molar-refractivity contribution in [1.29, 1.82) is 5.26 Å². The molecule has 208 valence electrons. The number of rotatable bonds is 6. The third-order valence-electron chi connectivity index (χ3n) is 7.13. The minimum Gasteiger partial charge on any atom is -0.471 e. The van der Waals surface area contributed by atoms with Crippen molar-refractivity contribution in [3.63, 3.8) is 0 Å². The summed E-state index contributed by atoms with van der Waals surface area (Å²) in [5.41, 5.74) is -0.528. The van der Waals surface area contributed by atoms with Crippen LogP contribution in [-0.2, 0) is 12.6 Å². The van der Waals surface area contributed by atoms with Crippen molar-refractivity contribution in [1.82, 2.24) is 15.1 Å². The van der Waals surface area contributed by atoms with Gasteiger partial charge >= 0.3 is 6.18 Å². The second kappa shape index (κ2) is 11.3. The fourth-order valence-corrected chi connectivity index (χ4v) is 5.14. The van der Waals surface area contributed by atoms with E-state index in [4.69, 9.17) is 10.00 Å². The molecule has 2 aliphatic heterocycles. The van der Waals surface area contributed by atoms with Crippen LogP contribution in [0.5, 0.6) is 5.75 Å². The van der Waals surface area contributed by atoms with Crippen LogP contribution in [-0.4, -0.2) is 60.0 Å². The number of aromatic nitrogens is 2. The first-order valence-electron chi connectivity index (χ1n) is 12.9. The second-order valence-electron chi connectivity index (χ2n) is 9.67. The quantitative estimate of drug-likeness (QED) is 0.496. The van der Waals surface area contributed by atoms with Gasteiger partial charge in [-0.15, -0.1) is 0 Å². The second-order valence-corrected chi connectivity index (χ2v) is 9.67. The molecule has 3 aromatic rings. The van der Waals surface area contributed by atoms with Crippen LogP contribution in [0, 0.1) is 11.3 Å². The molecule has 2 aliphatic rings. The predicted octanol–water partition coefficient (Wildman–Crippen LogP) is 3.82. The zero-order valence-electron chi connectivity index (χ0n) is 21.5. The first-order chi connectivity index (χ1) is 19.2. The molecule has 0 spiro atoms. The smallest absolute Gasteiger partial charge is 0.423 e. The van der Waals surface area contributed by atoms with E-state index in [2.05, 4.69) is 16.1 Å². The van der Waals surface area contributed by atoms with Gasteiger partial charge in [-0.05, 0) is 42.3 Å². The highest BCUT2D eigenvalue weighted by Crippen LogP contribution is 2.37. The number of ether oxygens (including phenoxy) is 1. The van der Waals surface area contributed by atoms with Gasteiger partial charge in [0.15, 0.2) is 6.23 Å². The maximum atomic E-state index is 13.6. The number of alkyl halides is 3. The Bertz CT molecular complexity index is 1460. The van der Waals surface area contributed by atoms with Crippen LogP contribution in [0.2, 0.25) is 0 Å². The predicted molar refractivity (Wildman–Crippen MR) is 141 cm³/mol. The molecule has 12 heteroatoms. The van der Waals surface area contributed by atoms with Crippen molar-refractivity contribution in [2.24, 2.45) is 0 Å². The minimum absolute atomic E-state index is 0.157. The van der Waals surface area contributed by atoms with E-state index < -0.39 is 23.5 Å².